The molecular weight excluding hydrogens is 242 g/mol. The second-order valence-electron chi connectivity index (χ2n) is 4.02. The Morgan fingerprint density at radius 2 is 1.85 bits per heavy atom. The standard InChI is InChI=1S/C10H14BrNSi/c1-13(2,3)10(11)8-9-4-6-12-7-5-9/h4-8H,1-3H3. The van der Waals surface area contributed by atoms with Crippen LogP contribution in [0.2, 0.25) is 19.6 Å². The highest BCUT2D eigenvalue weighted by Gasteiger charge is 2.16. The summed E-state index contributed by atoms with van der Waals surface area (Å²) in [5, 5.41) is 0. The van der Waals surface area contributed by atoms with Gasteiger partial charge in [0.15, 0.2) is 0 Å². The van der Waals surface area contributed by atoms with Crippen LogP contribution in [0.5, 0.6) is 0 Å². The largest absolute Gasteiger partial charge is 0.265 e. The van der Waals surface area contributed by atoms with Crippen LogP contribution in [-0.4, -0.2) is 13.1 Å². The number of hydrogen-bond donors (Lipinski definition) is 0. The van der Waals surface area contributed by atoms with Gasteiger partial charge in [-0.05, 0) is 27.9 Å². The SMILES string of the molecule is C[Si](C)(C)C(Br)=Cc1ccncc1. The molecular formula is C10H14BrNSi. The Balaban J connectivity index is 2.90. The molecule has 1 aromatic rings. The van der Waals surface area contributed by atoms with Crippen LogP contribution in [0.4, 0.5) is 0 Å². The van der Waals surface area contributed by atoms with Crippen molar-refractivity contribution in [3.8, 4) is 0 Å². The summed E-state index contributed by atoms with van der Waals surface area (Å²) in [6.07, 6.45) is 5.82. The van der Waals surface area contributed by atoms with Gasteiger partial charge in [-0.2, -0.15) is 0 Å². The summed E-state index contributed by atoms with van der Waals surface area (Å²) in [6.45, 7) is 6.94. The molecule has 0 N–H and O–H groups in total. The fraction of sp³-hybridized carbons (Fsp3) is 0.300. The molecule has 1 nitrogen and oxygen atoms in total. The molecule has 0 unspecified atom stereocenters. The Morgan fingerprint density at radius 3 is 2.31 bits per heavy atom. The molecule has 0 fully saturated rings. The van der Waals surface area contributed by atoms with Gasteiger partial charge in [-0.15, -0.1) is 0 Å². The van der Waals surface area contributed by atoms with E-state index in [4.69, 9.17) is 0 Å². The number of halogens is 1. The molecule has 0 spiro atoms. The lowest BCUT2D eigenvalue weighted by atomic mass is 10.3. The summed E-state index contributed by atoms with van der Waals surface area (Å²) in [5.41, 5.74) is 1.21. The molecule has 70 valence electrons. The van der Waals surface area contributed by atoms with E-state index < -0.39 is 8.07 Å². The molecule has 1 heterocycles. The third-order valence-corrected chi connectivity index (χ3v) is 7.09. The molecule has 1 rings (SSSR count). The number of nitrogens with zero attached hydrogens (tertiary/aromatic N) is 1. The number of rotatable bonds is 2. The summed E-state index contributed by atoms with van der Waals surface area (Å²) >= 11 is 3.64. The zero-order chi connectivity index (χ0) is 9.90. The smallest absolute Gasteiger partial charge is 0.0865 e. The van der Waals surface area contributed by atoms with Crippen LogP contribution in [0.25, 0.3) is 6.08 Å². The molecule has 0 aliphatic rings. The normalized spacial score (nSPS) is 13.1. The zero-order valence-corrected chi connectivity index (χ0v) is 10.8. The zero-order valence-electron chi connectivity index (χ0n) is 8.21. The molecule has 1 aromatic heterocycles. The summed E-state index contributed by atoms with van der Waals surface area (Å²) < 4.78 is 1.34. The van der Waals surface area contributed by atoms with Crippen molar-refractivity contribution >= 4 is 30.1 Å². The van der Waals surface area contributed by atoms with E-state index in [1.165, 1.54) is 9.67 Å². The van der Waals surface area contributed by atoms with Crippen LogP contribution in [0, 0.1) is 0 Å². The summed E-state index contributed by atoms with van der Waals surface area (Å²) in [6, 6.07) is 4.03. The topological polar surface area (TPSA) is 12.9 Å². The van der Waals surface area contributed by atoms with Gasteiger partial charge < -0.3 is 0 Å². The maximum Gasteiger partial charge on any atom is 0.0865 e. The van der Waals surface area contributed by atoms with E-state index in [9.17, 15) is 0 Å². The highest BCUT2D eigenvalue weighted by molar-refractivity contribution is 9.12. The van der Waals surface area contributed by atoms with E-state index in [2.05, 4.69) is 46.6 Å². The first-order valence-electron chi connectivity index (χ1n) is 4.28. The molecule has 0 aromatic carbocycles. The monoisotopic (exact) mass is 255 g/mol. The highest BCUT2D eigenvalue weighted by Crippen LogP contribution is 2.23. The highest BCUT2D eigenvalue weighted by atomic mass is 79.9. The third kappa shape index (κ3) is 3.44. The maximum atomic E-state index is 3.98. The lowest BCUT2D eigenvalue weighted by molar-refractivity contribution is 1.32. The fourth-order valence-electron chi connectivity index (χ4n) is 0.823. The number of aromatic nitrogens is 1. The average Bonchev–Trinajstić information content (AvgIpc) is 2.04. The van der Waals surface area contributed by atoms with Gasteiger partial charge in [-0.25, -0.2) is 0 Å². The van der Waals surface area contributed by atoms with Gasteiger partial charge >= 0.3 is 0 Å². The molecule has 0 atom stereocenters. The van der Waals surface area contributed by atoms with E-state index >= 15 is 0 Å². The van der Waals surface area contributed by atoms with Crippen molar-refractivity contribution < 1.29 is 0 Å². The van der Waals surface area contributed by atoms with Crippen LogP contribution in [0.1, 0.15) is 5.56 Å². The van der Waals surface area contributed by atoms with Gasteiger partial charge in [-0.3, -0.25) is 4.98 Å². The quantitative estimate of drug-likeness (QED) is 0.735. The predicted molar refractivity (Wildman–Crippen MR) is 64.5 cm³/mol. The van der Waals surface area contributed by atoms with Crippen molar-refractivity contribution in [2.24, 2.45) is 0 Å². The summed E-state index contributed by atoms with van der Waals surface area (Å²) in [7, 11) is -1.19. The Labute approximate surface area is 89.0 Å². The third-order valence-electron chi connectivity index (χ3n) is 1.72. The van der Waals surface area contributed by atoms with Crippen molar-refractivity contribution in [2.75, 3.05) is 0 Å². The van der Waals surface area contributed by atoms with E-state index in [0.29, 0.717) is 0 Å². The lowest BCUT2D eigenvalue weighted by Crippen LogP contribution is -2.19. The molecule has 0 amide bonds. The van der Waals surface area contributed by atoms with Crippen LogP contribution in [0.3, 0.4) is 0 Å². The lowest BCUT2D eigenvalue weighted by Gasteiger charge is -2.14. The molecule has 0 saturated carbocycles. The van der Waals surface area contributed by atoms with Gasteiger partial charge in [0.25, 0.3) is 0 Å². The minimum Gasteiger partial charge on any atom is -0.265 e. The molecule has 0 radical (unpaired) electrons. The first-order chi connectivity index (χ1) is 6.00. The van der Waals surface area contributed by atoms with Crippen molar-refractivity contribution in [1.82, 2.24) is 4.98 Å². The second-order valence-corrected chi connectivity index (χ2v) is 10.6. The van der Waals surface area contributed by atoms with Gasteiger partial charge in [-0.1, -0.05) is 35.6 Å². The van der Waals surface area contributed by atoms with E-state index in [1.54, 1.807) is 0 Å². The van der Waals surface area contributed by atoms with Gasteiger partial charge in [0.1, 0.15) is 0 Å². The van der Waals surface area contributed by atoms with Gasteiger partial charge in [0.2, 0.25) is 0 Å². The fourth-order valence-corrected chi connectivity index (χ4v) is 1.69. The van der Waals surface area contributed by atoms with Crippen molar-refractivity contribution in [1.29, 1.82) is 0 Å². The van der Waals surface area contributed by atoms with Gasteiger partial charge in [0, 0.05) is 12.4 Å². The van der Waals surface area contributed by atoms with Gasteiger partial charge in [0.05, 0.1) is 8.07 Å². The Morgan fingerprint density at radius 1 is 1.31 bits per heavy atom. The van der Waals surface area contributed by atoms with Crippen LogP contribution in [-0.2, 0) is 0 Å². The number of hydrogen-bond acceptors (Lipinski definition) is 1. The average molecular weight is 256 g/mol. The predicted octanol–water partition coefficient (Wildman–Crippen LogP) is 3.69. The van der Waals surface area contributed by atoms with E-state index in [0.717, 1.165) is 0 Å². The van der Waals surface area contributed by atoms with Crippen molar-refractivity contribution in [2.45, 2.75) is 19.6 Å². The Kier molecular flexibility index (Phi) is 3.45. The van der Waals surface area contributed by atoms with Crippen molar-refractivity contribution in [3.05, 3.63) is 34.2 Å². The summed E-state index contributed by atoms with van der Waals surface area (Å²) in [5.74, 6) is 0. The first kappa shape index (κ1) is 10.7. The minimum absolute atomic E-state index is 1.19. The summed E-state index contributed by atoms with van der Waals surface area (Å²) in [4.78, 5) is 3.98. The maximum absolute atomic E-state index is 3.98. The molecule has 0 aliphatic heterocycles. The van der Waals surface area contributed by atoms with E-state index in [-0.39, 0.29) is 0 Å². The molecule has 13 heavy (non-hydrogen) atoms. The molecule has 0 aliphatic carbocycles. The van der Waals surface area contributed by atoms with Crippen LogP contribution < -0.4 is 0 Å². The Hall–Kier alpha value is -0.413. The molecule has 3 heteroatoms. The van der Waals surface area contributed by atoms with Crippen LogP contribution >= 0.6 is 15.9 Å². The Bertz CT molecular complexity index is 300. The second kappa shape index (κ2) is 4.20. The van der Waals surface area contributed by atoms with E-state index in [1.807, 2.05) is 24.5 Å². The van der Waals surface area contributed by atoms with Crippen LogP contribution in [0.15, 0.2) is 28.6 Å². The first-order valence-corrected chi connectivity index (χ1v) is 8.57. The number of pyridine rings is 1. The molecule has 0 bridgehead atoms. The van der Waals surface area contributed by atoms with Crippen molar-refractivity contribution in [3.63, 3.8) is 0 Å². The molecule has 0 saturated heterocycles. The minimum atomic E-state index is -1.19.